The summed E-state index contributed by atoms with van der Waals surface area (Å²) < 4.78 is 10.0. The maximum Gasteiger partial charge on any atom is 0.342 e. The topological polar surface area (TPSA) is 88.8 Å². The van der Waals surface area contributed by atoms with Gasteiger partial charge in [0.25, 0.3) is 5.91 Å². The number of esters is 1. The van der Waals surface area contributed by atoms with Crippen molar-refractivity contribution in [2.75, 3.05) is 23.4 Å². The first-order valence-electron chi connectivity index (χ1n) is 6.96. The number of benzene rings is 1. The van der Waals surface area contributed by atoms with Crippen molar-refractivity contribution in [2.45, 2.75) is 6.92 Å². The molecular formula is C16H14N2O5. The zero-order chi connectivity index (χ0) is 16.4. The van der Waals surface area contributed by atoms with Gasteiger partial charge in [0.05, 0.1) is 17.6 Å². The summed E-state index contributed by atoms with van der Waals surface area (Å²) in [7, 11) is 0. The van der Waals surface area contributed by atoms with Gasteiger partial charge in [0, 0.05) is 0 Å². The van der Waals surface area contributed by atoms with Crippen LogP contribution in [0, 0.1) is 6.92 Å². The molecule has 7 heteroatoms. The average molecular weight is 314 g/mol. The van der Waals surface area contributed by atoms with Crippen LogP contribution in [0.2, 0.25) is 0 Å². The molecule has 2 aromatic rings. The smallest absolute Gasteiger partial charge is 0.342 e. The van der Waals surface area contributed by atoms with Crippen molar-refractivity contribution in [3.05, 3.63) is 47.9 Å². The molecule has 7 nitrogen and oxygen atoms in total. The highest BCUT2D eigenvalue weighted by atomic mass is 16.5. The highest BCUT2D eigenvalue weighted by molar-refractivity contribution is 6.10. The Hall–Kier alpha value is -3.09. The molecule has 0 unspecified atom stereocenters. The van der Waals surface area contributed by atoms with Crippen molar-refractivity contribution in [1.29, 1.82) is 0 Å². The first-order valence-corrected chi connectivity index (χ1v) is 6.96. The van der Waals surface area contributed by atoms with Crippen LogP contribution in [0.5, 0.6) is 0 Å². The number of para-hydroxylation sites is 2. The summed E-state index contributed by atoms with van der Waals surface area (Å²) in [5.41, 5.74) is 1.40. The molecule has 2 amide bonds. The van der Waals surface area contributed by atoms with Crippen molar-refractivity contribution < 1.29 is 23.5 Å². The lowest BCUT2D eigenvalue weighted by atomic mass is 10.2. The third kappa shape index (κ3) is 2.94. The lowest BCUT2D eigenvalue weighted by molar-refractivity contribution is -0.124. The lowest BCUT2D eigenvalue weighted by Crippen LogP contribution is -2.44. The van der Waals surface area contributed by atoms with E-state index in [0.717, 1.165) is 0 Å². The fourth-order valence-electron chi connectivity index (χ4n) is 2.34. The van der Waals surface area contributed by atoms with Crippen molar-refractivity contribution in [3.63, 3.8) is 0 Å². The Labute approximate surface area is 131 Å². The Morgan fingerprint density at radius 3 is 2.83 bits per heavy atom. The molecule has 0 spiro atoms. The largest absolute Gasteiger partial charge is 0.469 e. The zero-order valence-corrected chi connectivity index (χ0v) is 12.4. The van der Waals surface area contributed by atoms with Gasteiger partial charge in [0.1, 0.15) is 17.9 Å². The number of rotatable bonds is 3. The number of ether oxygens (including phenoxy) is 1. The number of nitrogens with zero attached hydrogens (tertiary/aromatic N) is 1. The SMILES string of the molecule is Cc1occc1C(=O)OCC(=O)N1CC(=O)Nc2ccccc21. The molecule has 0 fully saturated rings. The molecule has 2 heterocycles. The quantitative estimate of drug-likeness (QED) is 0.872. The molecular weight excluding hydrogens is 300 g/mol. The van der Waals surface area contributed by atoms with Gasteiger partial charge in [0.2, 0.25) is 5.91 Å². The number of nitrogens with one attached hydrogen (secondary N) is 1. The molecule has 0 saturated heterocycles. The molecule has 1 aromatic heterocycles. The van der Waals surface area contributed by atoms with E-state index in [1.165, 1.54) is 17.2 Å². The van der Waals surface area contributed by atoms with E-state index >= 15 is 0 Å². The average Bonchev–Trinajstić information content (AvgIpc) is 2.97. The molecule has 3 rings (SSSR count). The van der Waals surface area contributed by atoms with Gasteiger partial charge in [-0.15, -0.1) is 0 Å². The normalized spacial score (nSPS) is 13.3. The van der Waals surface area contributed by atoms with E-state index < -0.39 is 18.5 Å². The van der Waals surface area contributed by atoms with Crippen LogP contribution in [0.15, 0.2) is 41.0 Å². The summed E-state index contributed by atoms with van der Waals surface area (Å²) >= 11 is 0. The van der Waals surface area contributed by atoms with Crippen LogP contribution in [0.25, 0.3) is 0 Å². The molecule has 0 radical (unpaired) electrons. The Balaban J connectivity index is 1.70. The minimum atomic E-state index is -0.639. The number of aryl methyl sites for hydroxylation is 1. The highest BCUT2D eigenvalue weighted by Crippen LogP contribution is 2.28. The molecule has 23 heavy (non-hydrogen) atoms. The number of amides is 2. The van der Waals surface area contributed by atoms with Crippen LogP contribution in [-0.2, 0) is 14.3 Å². The van der Waals surface area contributed by atoms with Crippen molar-refractivity contribution in [2.24, 2.45) is 0 Å². The van der Waals surface area contributed by atoms with Gasteiger partial charge in [-0.3, -0.25) is 14.5 Å². The van der Waals surface area contributed by atoms with Crippen molar-refractivity contribution in [1.82, 2.24) is 0 Å². The zero-order valence-electron chi connectivity index (χ0n) is 12.4. The van der Waals surface area contributed by atoms with E-state index in [2.05, 4.69) is 5.32 Å². The van der Waals surface area contributed by atoms with Crippen molar-refractivity contribution in [3.8, 4) is 0 Å². The molecule has 0 aliphatic carbocycles. The summed E-state index contributed by atoms with van der Waals surface area (Å²) in [5, 5.41) is 2.69. The fraction of sp³-hybridized carbons (Fsp3) is 0.188. The molecule has 1 N–H and O–H groups in total. The van der Waals surface area contributed by atoms with Gasteiger partial charge >= 0.3 is 5.97 Å². The number of anilines is 2. The predicted molar refractivity (Wildman–Crippen MR) is 81.2 cm³/mol. The van der Waals surface area contributed by atoms with E-state index in [1.807, 2.05) is 0 Å². The van der Waals surface area contributed by atoms with Gasteiger partial charge in [-0.05, 0) is 25.1 Å². The summed E-state index contributed by atoms with van der Waals surface area (Å²) in [6.45, 7) is 1.06. The van der Waals surface area contributed by atoms with Crippen LogP contribution in [0.1, 0.15) is 16.1 Å². The number of furan rings is 1. The molecule has 1 aliphatic heterocycles. The van der Waals surface area contributed by atoms with E-state index in [9.17, 15) is 14.4 Å². The lowest BCUT2D eigenvalue weighted by Gasteiger charge is -2.28. The standard InChI is InChI=1S/C16H14N2O5/c1-10-11(6-7-22-10)16(21)23-9-15(20)18-8-14(19)17-12-4-2-3-5-13(12)18/h2-7H,8-9H2,1H3,(H,17,19). The number of hydrogen-bond acceptors (Lipinski definition) is 5. The van der Waals surface area contributed by atoms with Gasteiger partial charge in [-0.1, -0.05) is 12.1 Å². The van der Waals surface area contributed by atoms with E-state index in [4.69, 9.17) is 9.15 Å². The van der Waals surface area contributed by atoms with Gasteiger partial charge in [-0.2, -0.15) is 0 Å². The highest BCUT2D eigenvalue weighted by Gasteiger charge is 2.27. The van der Waals surface area contributed by atoms with Crippen LogP contribution < -0.4 is 10.2 Å². The monoisotopic (exact) mass is 314 g/mol. The number of hydrogen-bond donors (Lipinski definition) is 1. The number of carbonyl (C=O) groups excluding carboxylic acids is 3. The number of carbonyl (C=O) groups is 3. The second-order valence-electron chi connectivity index (χ2n) is 5.01. The molecule has 1 aliphatic rings. The minimum Gasteiger partial charge on any atom is -0.469 e. The fourth-order valence-corrected chi connectivity index (χ4v) is 2.34. The van der Waals surface area contributed by atoms with E-state index in [1.54, 1.807) is 31.2 Å². The predicted octanol–water partition coefficient (Wildman–Crippen LogP) is 1.73. The van der Waals surface area contributed by atoms with Gasteiger partial charge < -0.3 is 14.5 Å². The number of fused-ring (bicyclic) bond motifs is 1. The van der Waals surface area contributed by atoms with Crippen molar-refractivity contribution >= 4 is 29.2 Å². The minimum absolute atomic E-state index is 0.113. The van der Waals surface area contributed by atoms with Crippen LogP contribution in [0.4, 0.5) is 11.4 Å². The molecule has 0 saturated carbocycles. The van der Waals surface area contributed by atoms with E-state index in [0.29, 0.717) is 17.1 Å². The van der Waals surface area contributed by atoms with Gasteiger partial charge in [-0.25, -0.2) is 4.79 Å². The third-order valence-corrected chi connectivity index (χ3v) is 3.48. The Bertz CT molecular complexity index is 780. The summed E-state index contributed by atoms with van der Waals surface area (Å²) in [5.74, 6) is -0.986. The molecule has 1 aromatic carbocycles. The first-order chi connectivity index (χ1) is 11.1. The Kier molecular flexibility index (Phi) is 3.84. The molecule has 118 valence electrons. The maximum absolute atomic E-state index is 12.3. The van der Waals surface area contributed by atoms with E-state index in [-0.39, 0.29) is 18.0 Å². The Morgan fingerprint density at radius 2 is 2.09 bits per heavy atom. The summed E-state index contributed by atoms with van der Waals surface area (Å²) in [6, 6.07) is 8.42. The Morgan fingerprint density at radius 1 is 1.30 bits per heavy atom. The summed E-state index contributed by atoms with van der Waals surface area (Å²) in [4.78, 5) is 37.2. The van der Waals surface area contributed by atoms with Crippen LogP contribution in [-0.4, -0.2) is 30.9 Å². The molecule has 0 atom stereocenters. The summed E-state index contributed by atoms with van der Waals surface area (Å²) in [6.07, 6.45) is 1.37. The van der Waals surface area contributed by atoms with Crippen LogP contribution >= 0.6 is 0 Å². The van der Waals surface area contributed by atoms with Gasteiger partial charge in [0.15, 0.2) is 6.61 Å². The maximum atomic E-state index is 12.3. The second-order valence-corrected chi connectivity index (χ2v) is 5.01. The third-order valence-electron chi connectivity index (χ3n) is 3.48. The molecule has 0 bridgehead atoms. The first kappa shape index (κ1) is 14.8. The second kappa shape index (κ2) is 5.96. The van der Waals surface area contributed by atoms with Crippen LogP contribution in [0.3, 0.4) is 0 Å².